The molecule has 22 heavy (non-hydrogen) atoms. The van der Waals surface area contributed by atoms with Gasteiger partial charge < -0.3 is 14.7 Å². The largest absolute Gasteiger partial charge is 0.504 e. The summed E-state index contributed by atoms with van der Waals surface area (Å²) in [6, 6.07) is 11.3. The van der Waals surface area contributed by atoms with Crippen molar-refractivity contribution in [2.24, 2.45) is 0 Å². The van der Waals surface area contributed by atoms with Crippen molar-refractivity contribution < 1.29 is 9.84 Å². The summed E-state index contributed by atoms with van der Waals surface area (Å²) in [6.07, 6.45) is 0.388. The maximum Gasteiger partial charge on any atom is 0.162 e. The van der Waals surface area contributed by atoms with Crippen molar-refractivity contribution in [1.29, 1.82) is 5.26 Å². The van der Waals surface area contributed by atoms with Crippen LogP contribution >= 0.6 is 23.4 Å². The van der Waals surface area contributed by atoms with E-state index >= 15 is 0 Å². The third-order valence-electron chi connectivity index (χ3n) is 3.43. The number of nitrogens with zero attached hydrogens (tertiary/aromatic N) is 2. The second kappa shape index (κ2) is 5.99. The lowest BCUT2D eigenvalue weighted by molar-refractivity contribution is 0.372. The lowest BCUT2D eigenvalue weighted by Crippen LogP contribution is -2.21. The molecule has 2 aromatic carbocycles. The lowest BCUT2D eigenvalue weighted by atomic mass is 10.2. The number of benzene rings is 2. The highest BCUT2D eigenvalue weighted by molar-refractivity contribution is 7.99. The third kappa shape index (κ3) is 2.56. The average Bonchev–Trinajstić information content (AvgIpc) is 2.51. The van der Waals surface area contributed by atoms with E-state index in [0.29, 0.717) is 23.7 Å². The monoisotopic (exact) mass is 332 g/mol. The maximum absolute atomic E-state index is 9.99. The number of hydrogen-bond acceptors (Lipinski definition) is 5. The molecule has 1 heterocycles. The summed E-state index contributed by atoms with van der Waals surface area (Å²) >= 11 is 7.68. The molecular weight excluding hydrogens is 320 g/mol. The smallest absolute Gasteiger partial charge is 0.162 e. The molecule has 0 amide bonds. The average molecular weight is 333 g/mol. The summed E-state index contributed by atoms with van der Waals surface area (Å²) in [7, 11) is 1.52. The van der Waals surface area contributed by atoms with Gasteiger partial charge in [-0.3, -0.25) is 0 Å². The topological polar surface area (TPSA) is 56.5 Å². The first-order chi connectivity index (χ1) is 10.6. The van der Waals surface area contributed by atoms with Crippen LogP contribution < -0.4 is 9.64 Å². The van der Waals surface area contributed by atoms with Crippen LogP contribution in [0.4, 0.5) is 11.4 Å². The first kappa shape index (κ1) is 14.9. The molecule has 0 radical (unpaired) electrons. The summed E-state index contributed by atoms with van der Waals surface area (Å²) in [4.78, 5) is 4.00. The normalized spacial score (nSPS) is 12.3. The number of rotatable bonds is 3. The van der Waals surface area contributed by atoms with Gasteiger partial charge in [0.2, 0.25) is 0 Å². The number of nitriles is 1. The zero-order chi connectivity index (χ0) is 15.7. The van der Waals surface area contributed by atoms with E-state index in [-0.39, 0.29) is 5.75 Å². The van der Waals surface area contributed by atoms with Crippen LogP contribution in [0.5, 0.6) is 11.5 Å². The van der Waals surface area contributed by atoms with Crippen molar-refractivity contribution in [3.63, 3.8) is 0 Å². The van der Waals surface area contributed by atoms with Crippen LogP contribution in [-0.4, -0.2) is 18.8 Å². The van der Waals surface area contributed by atoms with Gasteiger partial charge in [0.05, 0.1) is 31.0 Å². The molecule has 0 unspecified atom stereocenters. The van der Waals surface area contributed by atoms with Crippen molar-refractivity contribution in [2.75, 3.05) is 18.6 Å². The number of fused-ring (bicyclic) bond motifs is 2. The Morgan fingerprint density at radius 1 is 1.27 bits per heavy atom. The minimum Gasteiger partial charge on any atom is -0.504 e. The number of methoxy groups -OCH3 is 1. The molecule has 0 saturated heterocycles. The van der Waals surface area contributed by atoms with E-state index in [1.165, 1.54) is 7.11 Å². The molecule has 1 aliphatic heterocycles. The number of halogens is 1. The summed E-state index contributed by atoms with van der Waals surface area (Å²) < 4.78 is 5.20. The number of aromatic hydroxyl groups is 1. The Hall–Kier alpha value is -2.03. The molecule has 1 aliphatic rings. The first-order valence-electron chi connectivity index (χ1n) is 6.67. The molecule has 4 nitrogen and oxygen atoms in total. The van der Waals surface area contributed by atoms with Crippen LogP contribution in [0.25, 0.3) is 0 Å². The van der Waals surface area contributed by atoms with Crippen LogP contribution in [0.1, 0.15) is 6.42 Å². The Morgan fingerprint density at radius 3 is 2.77 bits per heavy atom. The van der Waals surface area contributed by atoms with E-state index in [9.17, 15) is 5.11 Å². The fourth-order valence-corrected chi connectivity index (χ4v) is 3.69. The highest BCUT2D eigenvalue weighted by Crippen LogP contribution is 2.51. The van der Waals surface area contributed by atoms with Crippen LogP contribution in [0.15, 0.2) is 40.1 Å². The molecule has 0 aromatic heterocycles. The molecule has 0 aliphatic carbocycles. The fraction of sp³-hybridized carbons (Fsp3) is 0.188. The summed E-state index contributed by atoms with van der Waals surface area (Å²) in [5, 5.41) is 19.6. The van der Waals surface area contributed by atoms with Crippen LogP contribution in [0, 0.1) is 11.3 Å². The maximum atomic E-state index is 9.99. The van der Waals surface area contributed by atoms with Crippen molar-refractivity contribution in [2.45, 2.75) is 16.2 Å². The van der Waals surface area contributed by atoms with Crippen molar-refractivity contribution >= 4 is 34.7 Å². The molecular formula is C16H13ClN2O2S. The van der Waals surface area contributed by atoms with Gasteiger partial charge in [-0.25, -0.2) is 0 Å². The second-order valence-corrected chi connectivity index (χ2v) is 6.29. The molecule has 0 saturated carbocycles. The standard InChI is InChI=1S/C16H13ClN2O2S/c1-21-14-8-12-16(9-13(14)20)22-15-4-3-10(17)7-11(15)19(12)6-2-5-18/h3-4,7-9,20H,2,6H2,1H3. The quantitative estimate of drug-likeness (QED) is 0.892. The number of ether oxygens (including phenoxy) is 1. The summed E-state index contributed by atoms with van der Waals surface area (Å²) in [6.45, 7) is 0.547. The Kier molecular flexibility index (Phi) is 4.06. The molecule has 0 atom stereocenters. The number of anilines is 2. The zero-order valence-corrected chi connectivity index (χ0v) is 13.4. The molecule has 0 spiro atoms. The van der Waals surface area contributed by atoms with Crippen LogP contribution in [0.2, 0.25) is 5.02 Å². The predicted molar refractivity (Wildman–Crippen MR) is 87.5 cm³/mol. The molecule has 3 rings (SSSR count). The van der Waals surface area contributed by atoms with E-state index in [1.807, 2.05) is 23.1 Å². The fourth-order valence-electron chi connectivity index (χ4n) is 2.43. The van der Waals surface area contributed by atoms with Gasteiger partial charge in [0.15, 0.2) is 11.5 Å². The molecule has 2 aromatic rings. The van der Waals surface area contributed by atoms with Crippen molar-refractivity contribution in [3.05, 3.63) is 35.4 Å². The SMILES string of the molecule is COc1cc2c(cc1O)Sc1ccc(Cl)cc1N2CCC#N. The van der Waals surface area contributed by atoms with Crippen LogP contribution in [-0.2, 0) is 0 Å². The Balaban J connectivity index is 2.15. The Labute approximate surface area is 137 Å². The minimum absolute atomic E-state index is 0.103. The van der Waals surface area contributed by atoms with Gasteiger partial charge in [-0.15, -0.1) is 0 Å². The Morgan fingerprint density at radius 2 is 2.05 bits per heavy atom. The number of hydrogen-bond donors (Lipinski definition) is 1. The van der Waals surface area contributed by atoms with E-state index in [2.05, 4.69) is 6.07 Å². The predicted octanol–water partition coefficient (Wildman–Crippen LogP) is 4.57. The number of phenols is 1. The van der Waals surface area contributed by atoms with Gasteiger partial charge in [0, 0.05) is 27.4 Å². The molecule has 6 heteroatoms. The number of phenolic OH excluding ortho intramolecular Hbond substituents is 1. The molecule has 0 bridgehead atoms. The Bertz CT molecular complexity index is 773. The van der Waals surface area contributed by atoms with E-state index in [4.69, 9.17) is 21.6 Å². The highest BCUT2D eigenvalue weighted by Gasteiger charge is 2.25. The molecule has 112 valence electrons. The first-order valence-corrected chi connectivity index (χ1v) is 7.86. The van der Waals surface area contributed by atoms with E-state index < -0.39 is 0 Å². The van der Waals surface area contributed by atoms with Crippen molar-refractivity contribution in [3.8, 4) is 17.6 Å². The summed E-state index contributed by atoms with van der Waals surface area (Å²) in [5.41, 5.74) is 1.87. The third-order valence-corrected chi connectivity index (χ3v) is 4.78. The van der Waals surface area contributed by atoms with Gasteiger partial charge >= 0.3 is 0 Å². The second-order valence-electron chi connectivity index (χ2n) is 4.77. The van der Waals surface area contributed by atoms with E-state index in [0.717, 1.165) is 21.2 Å². The van der Waals surface area contributed by atoms with Crippen LogP contribution in [0.3, 0.4) is 0 Å². The summed E-state index contributed by atoms with van der Waals surface area (Å²) in [5.74, 6) is 0.512. The zero-order valence-electron chi connectivity index (χ0n) is 11.8. The van der Waals surface area contributed by atoms with Gasteiger partial charge in [-0.2, -0.15) is 5.26 Å². The van der Waals surface area contributed by atoms with E-state index in [1.54, 1.807) is 23.9 Å². The highest BCUT2D eigenvalue weighted by atomic mass is 35.5. The minimum atomic E-state index is 0.103. The van der Waals surface area contributed by atoms with Crippen molar-refractivity contribution in [1.82, 2.24) is 0 Å². The van der Waals surface area contributed by atoms with Gasteiger partial charge in [0.25, 0.3) is 0 Å². The molecule has 1 N–H and O–H groups in total. The van der Waals surface area contributed by atoms with Gasteiger partial charge in [-0.05, 0) is 24.3 Å². The molecule has 0 fully saturated rings. The lowest BCUT2D eigenvalue weighted by Gasteiger charge is -2.32. The van der Waals surface area contributed by atoms with Gasteiger partial charge in [-0.1, -0.05) is 23.4 Å². The van der Waals surface area contributed by atoms with Gasteiger partial charge in [0.1, 0.15) is 0 Å².